The predicted molar refractivity (Wildman–Crippen MR) is 539 cm³/mol. The Labute approximate surface area is 830 Å². The van der Waals surface area contributed by atoms with Gasteiger partial charge in [0, 0.05) is 90.2 Å². The highest BCUT2D eigenvalue weighted by molar-refractivity contribution is 7.14. The van der Waals surface area contributed by atoms with Gasteiger partial charge in [-0.3, -0.25) is 47.9 Å². The fraction of sp³-hybridized carbons (Fsp3) is 0.505. The highest BCUT2D eigenvalue weighted by atomic mass is 32.1. The van der Waals surface area contributed by atoms with Crippen LogP contribution < -0.4 is 21.3 Å². The van der Waals surface area contributed by atoms with E-state index in [-0.39, 0.29) is 153 Å². The Bertz CT molecular complexity index is 5700. The molecule has 4 aromatic carbocycles. The molecule has 0 unspecified atom stereocenters. The summed E-state index contributed by atoms with van der Waals surface area (Å²) in [6, 6.07) is 30.9. The minimum Gasteiger partial charge on any atom is -0.391 e. The van der Waals surface area contributed by atoms with Gasteiger partial charge < -0.3 is 70.3 Å². The van der Waals surface area contributed by atoms with Gasteiger partial charge in [-0.2, -0.15) is 0 Å². The van der Waals surface area contributed by atoms with Gasteiger partial charge in [-0.05, 0) is 134 Å². The fourth-order valence-electron chi connectivity index (χ4n) is 18.3. The number of aliphatic hydroxyl groups is 4. The van der Waals surface area contributed by atoms with Crippen LogP contribution in [-0.4, -0.2) is 216 Å². The largest absolute Gasteiger partial charge is 0.391 e. The standard InChI is InChI=1S/2C27H33N3O4S.C26H36N4O4S.C25H34N4O4S/c2*1-15(2)25(24-11-17(4)29-34-24)27(33)30-13-21(31)12-22(30)23(32)10-16(3)19-6-8-20(9-7-19)26-18(5)28-14-35-26;1-7-21(32)29-23(26(4,5)6)25(34)30-13-19(31)12-20(30)24(33)28-15(2)17-8-10-18(11-9-17)22-16(3)27-14-35-22;1-14(17-7-9-18(10-8-17)21-15(2)26-13-34-21)27-23(32)20-11-19(31)12-29(20)24(33)22(25(4,5)6)28-16(3)30/h2*6-9,11,14-16,21-22,25,31H,10,12-13H2,1-5H3;8-11,14-15,19-20,23,31H,7,12-13H2,1-6H3,(H,28,33)(H,29,32);7-10,13-14,19-20,22,31H,11-12H2,1-6H3,(H,27,32)(H,28,30)/t16-,21-,22+,25+;16-,21-,22+,25-;15-,19+,20-,23+;14-,19+,20-,22+/m1100/s1. The molecule has 4 aliphatic rings. The van der Waals surface area contributed by atoms with Crippen LogP contribution in [0.5, 0.6) is 0 Å². The van der Waals surface area contributed by atoms with Crippen molar-refractivity contribution in [2.45, 2.75) is 294 Å². The third-order valence-corrected chi connectivity index (χ3v) is 30.0. The molecule has 746 valence electrons. The van der Waals surface area contributed by atoms with Crippen LogP contribution in [0.25, 0.3) is 41.8 Å². The number of hydrogen-bond acceptors (Lipinski definition) is 26. The molecule has 8 N–H and O–H groups in total. The van der Waals surface area contributed by atoms with E-state index in [1.807, 2.05) is 209 Å². The van der Waals surface area contributed by atoms with E-state index in [1.165, 1.54) is 16.7 Å². The van der Waals surface area contributed by atoms with E-state index in [4.69, 9.17) is 9.05 Å². The number of carbonyl (C=O) groups excluding carboxylic acids is 10. The maximum absolute atomic E-state index is 13.6. The maximum Gasteiger partial charge on any atom is 0.246 e. The van der Waals surface area contributed by atoms with Crippen LogP contribution in [0.2, 0.25) is 0 Å². The maximum atomic E-state index is 13.6. The first-order valence-electron chi connectivity index (χ1n) is 47.7. The topological polar surface area (TPSA) is 416 Å². The van der Waals surface area contributed by atoms with Crippen LogP contribution in [0.4, 0.5) is 0 Å². The van der Waals surface area contributed by atoms with E-state index in [9.17, 15) is 68.4 Å². The molecule has 0 bridgehead atoms. The fourth-order valence-corrected chi connectivity index (χ4v) is 21.6. The van der Waals surface area contributed by atoms with Crippen LogP contribution in [0.1, 0.15) is 259 Å². The number of aromatic nitrogens is 6. The number of rotatable bonds is 29. The van der Waals surface area contributed by atoms with Crippen molar-refractivity contribution < 1.29 is 77.4 Å². The van der Waals surface area contributed by atoms with E-state index in [2.05, 4.69) is 100 Å². The second-order valence-electron chi connectivity index (χ2n) is 40.1. The smallest absolute Gasteiger partial charge is 0.246 e. The number of aryl methyl sites for hydroxylation is 6. The second-order valence-corrected chi connectivity index (χ2v) is 43.6. The molecule has 16 atom stereocenters. The number of carbonyl (C=O) groups is 10. The first-order valence-corrected chi connectivity index (χ1v) is 51.2. The molecule has 139 heavy (non-hydrogen) atoms. The quantitative estimate of drug-likeness (QED) is 0.0216. The molecule has 0 saturated carbocycles. The molecule has 6 aromatic heterocycles. The molecular formula is C105H136N14O16S4. The van der Waals surface area contributed by atoms with Gasteiger partial charge in [0.05, 0.1) is 124 Å². The van der Waals surface area contributed by atoms with Gasteiger partial charge >= 0.3 is 0 Å². The lowest BCUT2D eigenvalue weighted by molar-refractivity contribution is -0.144. The average molecular weight is 1980 g/mol. The van der Waals surface area contributed by atoms with Gasteiger partial charge in [-0.15, -0.1) is 45.3 Å². The monoisotopic (exact) mass is 1980 g/mol. The molecule has 4 saturated heterocycles. The number of likely N-dealkylation sites (tertiary alicyclic amines) is 4. The summed E-state index contributed by atoms with van der Waals surface area (Å²) in [5.41, 5.74) is 20.0. The number of nitrogens with zero attached hydrogens (tertiary/aromatic N) is 10. The Morgan fingerprint density at radius 1 is 0.396 bits per heavy atom. The van der Waals surface area contributed by atoms with E-state index >= 15 is 0 Å². The number of amides is 8. The number of ketones is 2. The third-order valence-electron chi connectivity index (χ3n) is 26.1. The molecule has 10 aromatic rings. The molecule has 34 heteroatoms. The molecule has 10 heterocycles. The van der Waals surface area contributed by atoms with Crippen molar-refractivity contribution in [3.05, 3.63) is 199 Å². The SMILES string of the molecule is CC(=O)N[C@H](C(=O)N1C[C@H](O)C[C@H]1C(=O)N[C@@H](C)c1ccc(-c2scnc2C)cc1)C(C)(C)C.CCC(=O)N[C@H](C(=O)N1C[C@H](O)C[C@H]1C(=O)N[C@@H](C)c1ccc(-c2scnc2C)cc1)C(C)(C)C.Cc1cc([C@@H](C(=O)N2C[C@H](O)C[C@H]2C(=O)C[C@@H](C)c2ccc(-c3scnc3C)cc2)C(C)C)on1.Cc1cc([C@H](C(=O)N2C[C@H](O)C[C@H]2C(=O)C[C@@H](C)c2ccc(-c3scnc3C)cc2)C(C)C)on1. The predicted octanol–water partition coefficient (Wildman–Crippen LogP) is 15.8. The molecule has 14 rings (SSSR count). The van der Waals surface area contributed by atoms with Crippen LogP contribution >= 0.6 is 45.3 Å². The number of β-amino-alcohol motifs (C(OH)–C–C–N with tert-alkyl or cyclic N) is 4. The number of benzene rings is 4. The summed E-state index contributed by atoms with van der Waals surface area (Å²) in [7, 11) is 0. The van der Waals surface area contributed by atoms with Gasteiger partial charge in [0.1, 0.15) is 47.5 Å². The Kier molecular flexibility index (Phi) is 36.9. The summed E-state index contributed by atoms with van der Waals surface area (Å²) in [6.45, 7) is 41.9. The summed E-state index contributed by atoms with van der Waals surface area (Å²) >= 11 is 6.40. The summed E-state index contributed by atoms with van der Waals surface area (Å²) in [4.78, 5) is 159. The van der Waals surface area contributed by atoms with E-state index < -0.39 is 83.3 Å². The van der Waals surface area contributed by atoms with Gasteiger partial charge in [0.2, 0.25) is 47.3 Å². The number of Topliss-reactive ketones (excluding diaryl/α,β-unsaturated/α-hetero) is 2. The number of thiazole rings is 4. The number of nitrogens with one attached hydrogen (secondary N) is 4. The van der Waals surface area contributed by atoms with Crippen LogP contribution in [0, 0.1) is 64.2 Å². The van der Waals surface area contributed by atoms with Crippen molar-refractivity contribution in [3.63, 3.8) is 0 Å². The minimum atomic E-state index is -0.803. The summed E-state index contributed by atoms with van der Waals surface area (Å²) < 4.78 is 10.8. The van der Waals surface area contributed by atoms with Crippen molar-refractivity contribution in [1.29, 1.82) is 0 Å². The molecule has 8 amide bonds. The van der Waals surface area contributed by atoms with Crippen LogP contribution in [0.3, 0.4) is 0 Å². The second kappa shape index (κ2) is 47.4. The van der Waals surface area contributed by atoms with Crippen molar-refractivity contribution in [2.75, 3.05) is 26.2 Å². The normalized spacial score (nSPS) is 19.9. The van der Waals surface area contributed by atoms with Gasteiger partial charge in [-0.1, -0.05) is 197 Å². The third kappa shape index (κ3) is 27.3. The lowest BCUT2D eigenvalue weighted by atomic mass is 9.85. The van der Waals surface area contributed by atoms with E-state index in [0.717, 1.165) is 86.8 Å². The van der Waals surface area contributed by atoms with Gasteiger partial charge in [0.15, 0.2) is 11.6 Å². The van der Waals surface area contributed by atoms with Crippen LogP contribution in [-0.2, 0) is 47.9 Å². The van der Waals surface area contributed by atoms with E-state index in [1.54, 1.807) is 74.2 Å². The molecule has 4 fully saturated rings. The highest BCUT2D eigenvalue weighted by Gasteiger charge is 2.49. The molecular weight excluding hydrogens is 1840 g/mol. The molecule has 0 radical (unpaired) electrons. The van der Waals surface area contributed by atoms with Crippen molar-refractivity contribution in [1.82, 2.24) is 71.1 Å². The van der Waals surface area contributed by atoms with Crippen molar-refractivity contribution >= 4 is 104 Å². The lowest BCUT2D eigenvalue weighted by Crippen LogP contribution is -2.57. The summed E-state index contributed by atoms with van der Waals surface area (Å²) in [5.74, 6) is -2.53. The van der Waals surface area contributed by atoms with Crippen LogP contribution in [0.15, 0.2) is 140 Å². The van der Waals surface area contributed by atoms with Gasteiger partial charge in [0.25, 0.3) is 0 Å². The number of hydrogen-bond donors (Lipinski definition) is 8. The van der Waals surface area contributed by atoms with Crippen molar-refractivity contribution in [3.8, 4) is 41.8 Å². The molecule has 0 aliphatic carbocycles. The average Bonchev–Trinajstić information content (AvgIpc) is 1.68. The van der Waals surface area contributed by atoms with Gasteiger partial charge in [-0.25, -0.2) is 19.9 Å². The highest BCUT2D eigenvalue weighted by Crippen LogP contribution is 2.40. The van der Waals surface area contributed by atoms with Crippen molar-refractivity contribution in [2.24, 2.45) is 22.7 Å². The Morgan fingerprint density at radius 3 is 0.914 bits per heavy atom. The zero-order chi connectivity index (χ0) is 102. The zero-order valence-corrected chi connectivity index (χ0v) is 86.9. The number of aliphatic hydroxyl groups excluding tert-OH is 4. The minimum absolute atomic E-state index is 0.00776. The first kappa shape index (κ1) is 108. The molecule has 30 nitrogen and oxygen atoms in total. The zero-order valence-electron chi connectivity index (χ0n) is 83.7. The molecule has 4 aliphatic heterocycles. The Morgan fingerprint density at radius 2 is 0.669 bits per heavy atom. The summed E-state index contributed by atoms with van der Waals surface area (Å²) in [6.07, 6.45) is -1.32. The first-order chi connectivity index (χ1) is 65.6. The lowest BCUT2D eigenvalue weighted by Gasteiger charge is -2.35. The summed E-state index contributed by atoms with van der Waals surface area (Å²) in [5, 5.41) is 60.7. The van der Waals surface area contributed by atoms with E-state index in [0.29, 0.717) is 35.7 Å². The Balaban J connectivity index is 0.000000177. The molecule has 0 spiro atoms. The Hall–Kier alpha value is -11.2.